The number of ether oxygens (including phenoxy) is 1. The van der Waals surface area contributed by atoms with E-state index in [1.54, 1.807) is 7.11 Å². The van der Waals surface area contributed by atoms with Crippen LogP contribution in [0, 0.1) is 5.92 Å². The van der Waals surface area contributed by atoms with E-state index < -0.39 is 0 Å². The SMILES string of the molecule is COc1ccc(-c2noc(CN3CCCC(C(=O)Nc4ccccc4C(=O)N4CCCCCC4)C3)n2)cc1. The van der Waals surface area contributed by atoms with Gasteiger partial charge in [0.2, 0.25) is 17.6 Å². The van der Waals surface area contributed by atoms with Crippen LogP contribution in [0.15, 0.2) is 53.1 Å². The maximum atomic E-state index is 13.3. The number of methoxy groups -OCH3 is 1. The number of likely N-dealkylation sites (tertiary alicyclic amines) is 2. The number of hydrogen-bond acceptors (Lipinski definition) is 7. The lowest BCUT2D eigenvalue weighted by molar-refractivity contribution is -0.121. The third-order valence-electron chi connectivity index (χ3n) is 7.36. The van der Waals surface area contributed by atoms with Gasteiger partial charge in [0.15, 0.2) is 0 Å². The molecule has 5 rings (SSSR count). The first-order chi connectivity index (χ1) is 18.6. The first-order valence-electron chi connectivity index (χ1n) is 13.5. The van der Waals surface area contributed by atoms with Crippen molar-refractivity contribution in [3.05, 3.63) is 60.0 Å². The highest BCUT2D eigenvalue weighted by Gasteiger charge is 2.28. The molecule has 1 N–H and O–H groups in total. The van der Waals surface area contributed by atoms with Crippen LogP contribution < -0.4 is 10.1 Å². The molecule has 0 bridgehead atoms. The molecule has 200 valence electrons. The second-order valence-electron chi connectivity index (χ2n) is 10.1. The van der Waals surface area contributed by atoms with Gasteiger partial charge in [0.25, 0.3) is 5.91 Å². The fourth-order valence-corrected chi connectivity index (χ4v) is 5.24. The number of amides is 2. The minimum Gasteiger partial charge on any atom is -0.497 e. The van der Waals surface area contributed by atoms with Gasteiger partial charge in [-0.2, -0.15) is 4.98 Å². The van der Waals surface area contributed by atoms with Gasteiger partial charge in [-0.15, -0.1) is 0 Å². The molecule has 38 heavy (non-hydrogen) atoms. The van der Waals surface area contributed by atoms with Crippen LogP contribution in [0.5, 0.6) is 5.75 Å². The molecule has 9 heteroatoms. The first kappa shape index (κ1) is 25.9. The Kier molecular flexibility index (Phi) is 8.33. The molecule has 1 aromatic heterocycles. The highest BCUT2D eigenvalue weighted by molar-refractivity contribution is 6.04. The number of aromatic nitrogens is 2. The topological polar surface area (TPSA) is 101 Å². The lowest BCUT2D eigenvalue weighted by Crippen LogP contribution is -2.40. The van der Waals surface area contributed by atoms with E-state index in [0.29, 0.717) is 36.1 Å². The van der Waals surface area contributed by atoms with Gasteiger partial charge in [-0.1, -0.05) is 30.1 Å². The molecule has 2 aromatic carbocycles. The summed E-state index contributed by atoms with van der Waals surface area (Å²) < 4.78 is 10.7. The predicted octanol–water partition coefficient (Wildman–Crippen LogP) is 4.61. The molecular formula is C29H35N5O4. The summed E-state index contributed by atoms with van der Waals surface area (Å²) in [6.07, 6.45) is 6.07. The minimum atomic E-state index is -0.186. The summed E-state index contributed by atoms with van der Waals surface area (Å²) >= 11 is 0. The summed E-state index contributed by atoms with van der Waals surface area (Å²) in [6.45, 7) is 3.47. The smallest absolute Gasteiger partial charge is 0.255 e. The molecule has 0 radical (unpaired) electrons. The Bertz CT molecular complexity index is 1230. The van der Waals surface area contributed by atoms with E-state index in [2.05, 4.69) is 20.4 Å². The fraction of sp³-hybridized carbons (Fsp3) is 0.448. The second kappa shape index (κ2) is 12.2. The minimum absolute atomic E-state index is 0.00266. The van der Waals surface area contributed by atoms with Crippen LogP contribution in [-0.4, -0.2) is 65.0 Å². The molecule has 0 aliphatic carbocycles. The number of nitrogens with zero attached hydrogens (tertiary/aromatic N) is 4. The van der Waals surface area contributed by atoms with Crippen LogP contribution in [0.25, 0.3) is 11.4 Å². The van der Waals surface area contributed by atoms with Crippen molar-refractivity contribution in [2.24, 2.45) is 5.92 Å². The van der Waals surface area contributed by atoms with Crippen molar-refractivity contribution in [1.29, 1.82) is 0 Å². The van der Waals surface area contributed by atoms with Gasteiger partial charge in [0.05, 0.1) is 30.8 Å². The van der Waals surface area contributed by atoms with Crippen LogP contribution in [-0.2, 0) is 11.3 Å². The lowest BCUT2D eigenvalue weighted by Gasteiger charge is -2.31. The van der Waals surface area contributed by atoms with Crippen molar-refractivity contribution >= 4 is 17.5 Å². The molecule has 0 saturated carbocycles. The van der Waals surface area contributed by atoms with Crippen LogP contribution in [0.3, 0.4) is 0 Å². The Hall–Kier alpha value is -3.72. The molecule has 2 saturated heterocycles. The van der Waals surface area contributed by atoms with E-state index in [-0.39, 0.29) is 17.7 Å². The molecule has 2 aliphatic rings. The Morgan fingerprint density at radius 2 is 1.76 bits per heavy atom. The highest BCUT2D eigenvalue weighted by Crippen LogP contribution is 2.25. The number of hydrogen-bond donors (Lipinski definition) is 1. The zero-order chi connectivity index (χ0) is 26.3. The van der Waals surface area contributed by atoms with Crippen molar-refractivity contribution in [2.45, 2.75) is 45.1 Å². The Labute approximate surface area is 223 Å². The van der Waals surface area contributed by atoms with Crippen molar-refractivity contribution in [3.8, 4) is 17.1 Å². The normalized spacial score (nSPS) is 18.6. The van der Waals surface area contributed by atoms with Gasteiger partial charge in [-0.05, 0) is 68.6 Å². The average molecular weight is 518 g/mol. The molecule has 2 amide bonds. The number of nitrogens with one attached hydrogen (secondary N) is 1. The number of rotatable bonds is 7. The van der Waals surface area contributed by atoms with E-state index in [1.807, 2.05) is 53.4 Å². The summed E-state index contributed by atoms with van der Waals surface area (Å²) in [7, 11) is 1.63. The van der Waals surface area contributed by atoms with E-state index in [0.717, 1.165) is 69.5 Å². The van der Waals surface area contributed by atoms with Gasteiger partial charge in [0.1, 0.15) is 5.75 Å². The van der Waals surface area contributed by atoms with E-state index in [9.17, 15) is 9.59 Å². The number of benzene rings is 2. The predicted molar refractivity (Wildman–Crippen MR) is 144 cm³/mol. The van der Waals surface area contributed by atoms with E-state index in [1.165, 1.54) is 0 Å². The number of carbonyl (C=O) groups is 2. The molecule has 1 atom stereocenters. The Morgan fingerprint density at radius 1 is 1.00 bits per heavy atom. The monoisotopic (exact) mass is 517 g/mol. The summed E-state index contributed by atoms with van der Waals surface area (Å²) in [5.74, 6) is 1.57. The van der Waals surface area contributed by atoms with Crippen molar-refractivity contribution < 1.29 is 18.8 Å². The summed E-state index contributed by atoms with van der Waals surface area (Å²) in [5.41, 5.74) is 2.00. The van der Waals surface area contributed by atoms with Crippen molar-refractivity contribution in [1.82, 2.24) is 19.9 Å². The molecule has 9 nitrogen and oxygen atoms in total. The maximum absolute atomic E-state index is 13.3. The van der Waals surface area contributed by atoms with E-state index >= 15 is 0 Å². The van der Waals surface area contributed by atoms with Crippen molar-refractivity contribution in [3.63, 3.8) is 0 Å². The maximum Gasteiger partial charge on any atom is 0.255 e. The third-order valence-corrected chi connectivity index (χ3v) is 7.36. The van der Waals surface area contributed by atoms with Crippen LogP contribution in [0.1, 0.15) is 54.8 Å². The van der Waals surface area contributed by atoms with Gasteiger partial charge < -0.3 is 19.5 Å². The van der Waals surface area contributed by atoms with Crippen LogP contribution >= 0.6 is 0 Å². The molecule has 3 heterocycles. The summed E-state index contributed by atoms with van der Waals surface area (Å²) in [6, 6.07) is 14.9. The fourth-order valence-electron chi connectivity index (χ4n) is 5.24. The zero-order valence-electron chi connectivity index (χ0n) is 21.9. The van der Waals surface area contributed by atoms with Crippen molar-refractivity contribution in [2.75, 3.05) is 38.6 Å². The molecular weight excluding hydrogens is 482 g/mol. The number of piperidine rings is 1. The Balaban J connectivity index is 1.20. The standard InChI is InChI=1S/C29H35N5O4/c1-37-23-14-12-21(13-15-23)27-31-26(38-32-27)20-33-16-8-9-22(19-33)28(35)30-25-11-5-4-10-24(25)29(36)34-17-6-2-3-7-18-34/h4-5,10-15,22H,2-3,6-9,16-20H2,1H3,(H,30,35). The summed E-state index contributed by atoms with van der Waals surface area (Å²) in [5, 5.41) is 7.18. The number of para-hydroxylation sites is 1. The average Bonchev–Trinajstić information content (AvgIpc) is 3.24. The third kappa shape index (κ3) is 6.22. The van der Waals surface area contributed by atoms with Crippen LogP contribution in [0.2, 0.25) is 0 Å². The highest BCUT2D eigenvalue weighted by atomic mass is 16.5. The molecule has 2 aliphatic heterocycles. The summed E-state index contributed by atoms with van der Waals surface area (Å²) in [4.78, 5) is 35.2. The van der Waals surface area contributed by atoms with Gasteiger partial charge >= 0.3 is 0 Å². The first-order valence-corrected chi connectivity index (χ1v) is 13.5. The largest absolute Gasteiger partial charge is 0.497 e. The quantitative estimate of drug-likeness (QED) is 0.488. The van der Waals surface area contributed by atoms with Gasteiger partial charge in [0, 0.05) is 25.2 Å². The van der Waals surface area contributed by atoms with Crippen LogP contribution in [0.4, 0.5) is 5.69 Å². The van der Waals surface area contributed by atoms with Gasteiger partial charge in [-0.25, -0.2) is 0 Å². The number of anilines is 1. The lowest BCUT2D eigenvalue weighted by atomic mass is 9.96. The second-order valence-corrected chi connectivity index (χ2v) is 10.1. The van der Waals surface area contributed by atoms with Gasteiger partial charge in [-0.3, -0.25) is 14.5 Å². The molecule has 3 aromatic rings. The molecule has 1 unspecified atom stereocenters. The van der Waals surface area contributed by atoms with E-state index in [4.69, 9.17) is 9.26 Å². The zero-order valence-corrected chi connectivity index (χ0v) is 21.9. The molecule has 0 spiro atoms. The Morgan fingerprint density at radius 3 is 2.53 bits per heavy atom. The molecule has 2 fully saturated rings. The number of carbonyl (C=O) groups excluding carboxylic acids is 2.